The van der Waals surface area contributed by atoms with Crippen LogP contribution in [0.1, 0.15) is 11.3 Å². The van der Waals surface area contributed by atoms with Gasteiger partial charge in [0.25, 0.3) is 0 Å². The van der Waals surface area contributed by atoms with E-state index in [1.807, 2.05) is 25.6 Å². The second-order valence-corrected chi connectivity index (χ2v) is 6.67. The molecule has 2 aromatic heterocycles. The van der Waals surface area contributed by atoms with Gasteiger partial charge in [-0.15, -0.1) is 0 Å². The third kappa shape index (κ3) is 3.37. The number of benzene rings is 1. The summed E-state index contributed by atoms with van der Waals surface area (Å²) < 4.78 is 13.5. The number of fused-ring (bicyclic) bond motifs is 1. The van der Waals surface area contributed by atoms with Crippen LogP contribution in [0.3, 0.4) is 0 Å². The fourth-order valence-electron chi connectivity index (χ4n) is 3.45. The van der Waals surface area contributed by atoms with Crippen LogP contribution in [0.25, 0.3) is 11.0 Å². The van der Waals surface area contributed by atoms with Gasteiger partial charge in [0, 0.05) is 38.3 Å². The molecule has 1 atom stereocenters. The van der Waals surface area contributed by atoms with Gasteiger partial charge in [-0.05, 0) is 30.0 Å². The van der Waals surface area contributed by atoms with Crippen molar-refractivity contribution in [2.75, 3.05) is 26.3 Å². The summed E-state index contributed by atoms with van der Waals surface area (Å²) in [6, 6.07) is 8.50. The van der Waals surface area contributed by atoms with E-state index >= 15 is 0 Å². The number of hydrogen-bond donors (Lipinski definition) is 0. The SMILES string of the molecule is Cn1cncc1CN1CCOC[C@@H](Cc2ccc3ccoc3c2)C1. The lowest BCUT2D eigenvalue weighted by molar-refractivity contribution is 0.121. The summed E-state index contributed by atoms with van der Waals surface area (Å²) >= 11 is 0. The highest BCUT2D eigenvalue weighted by Crippen LogP contribution is 2.21. The molecule has 126 valence electrons. The predicted octanol–water partition coefficient (Wildman–Crippen LogP) is 2.86. The van der Waals surface area contributed by atoms with Crippen molar-refractivity contribution in [3.63, 3.8) is 0 Å². The summed E-state index contributed by atoms with van der Waals surface area (Å²) in [7, 11) is 2.05. The number of aryl methyl sites for hydroxylation is 1. The summed E-state index contributed by atoms with van der Waals surface area (Å²) in [4.78, 5) is 6.69. The van der Waals surface area contributed by atoms with Crippen molar-refractivity contribution in [2.45, 2.75) is 13.0 Å². The maximum absolute atomic E-state index is 5.84. The molecule has 5 nitrogen and oxygen atoms in total. The van der Waals surface area contributed by atoms with Crippen molar-refractivity contribution < 1.29 is 9.15 Å². The molecule has 1 fully saturated rings. The molecule has 0 N–H and O–H groups in total. The Bertz CT molecular complexity index is 808. The molecule has 0 amide bonds. The fourth-order valence-corrected chi connectivity index (χ4v) is 3.45. The van der Waals surface area contributed by atoms with E-state index in [9.17, 15) is 0 Å². The quantitative estimate of drug-likeness (QED) is 0.740. The van der Waals surface area contributed by atoms with E-state index in [4.69, 9.17) is 9.15 Å². The smallest absolute Gasteiger partial charge is 0.134 e. The van der Waals surface area contributed by atoms with Gasteiger partial charge in [-0.3, -0.25) is 4.90 Å². The molecule has 1 saturated heterocycles. The number of imidazole rings is 1. The topological polar surface area (TPSA) is 43.4 Å². The van der Waals surface area contributed by atoms with Gasteiger partial charge >= 0.3 is 0 Å². The van der Waals surface area contributed by atoms with Gasteiger partial charge in [0.1, 0.15) is 5.58 Å². The Labute approximate surface area is 141 Å². The largest absolute Gasteiger partial charge is 0.464 e. The first-order valence-electron chi connectivity index (χ1n) is 8.49. The number of ether oxygens (including phenoxy) is 1. The summed E-state index contributed by atoms with van der Waals surface area (Å²) in [5, 5.41) is 1.16. The van der Waals surface area contributed by atoms with Gasteiger partial charge in [-0.25, -0.2) is 4.98 Å². The maximum atomic E-state index is 5.84. The molecule has 4 rings (SSSR count). The fraction of sp³-hybridized carbons (Fsp3) is 0.421. The zero-order valence-electron chi connectivity index (χ0n) is 14.0. The van der Waals surface area contributed by atoms with Crippen molar-refractivity contribution in [1.29, 1.82) is 0 Å². The Kier molecular flexibility index (Phi) is 4.36. The molecular formula is C19H23N3O2. The lowest BCUT2D eigenvalue weighted by Gasteiger charge is -2.23. The Balaban J connectivity index is 1.44. The van der Waals surface area contributed by atoms with E-state index in [-0.39, 0.29) is 0 Å². The number of nitrogens with zero attached hydrogens (tertiary/aromatic N) is 3. The molecule has 1 aromatic carbocycles. The van der Waals surface area contributed by atoms with Crippen LogP contribution < -0.4 is 0 Å². The molecular weight excluding hydrogens is 302 g/mol. The lowest BCUT2D eigenvalue weighted by atomic mass is 9.99. The summed E-state index contributed by atoms with van der Waals surface area (Å²) in [6.07, 6.45) is 6.57. The Hall–Kier alpha value is -2.11. The van der Waals surface area contributed by atoms with E-state index in [1.54, 1.807) is 6.26 Å². The van der Waals surface area contributed by atoms with Crippen LogP contribution in [-0.2, 0) is 24.8 Å². The van der Waals surface area contributed by atoms with E-state index in [1.165, 1.54) is 11.3 Å². The summed E-state index contributed by atoms with van der Waals surface area (Å²) in [5.74, 6) is 0.494. The molecule has 3 aromatic rings. The van der Waals surface area contributed by atoms with E-state index in [0.717, 1.165) is 50.2 Å². The zero-order chi connectivity index (χ0) is 16.4. The first-order valence-corrected chi connectivity index (χ1v) is 8.49. The zero-order valence-corrected chi connectivity index (χ0v) is 14.0. The maximum Gasteiger partial charge on any atom is 0.134 e. The average Bonchev–Trinajstić information content (AvgIpc) is 3.13. The highest BCUT2D eigenvalue weighted by atomic mass is 16.5. The van der Waals surface area contributed by atoms with Gasteiger partial charge in [0.2, 0.25) is 0 Å². The van der Waals surface area contributed by atoms with Gasteiger partial charge in [-0.1, -0.05) is 12.1 Å². The van der Waals surface area contributed by atoms with Crippen molar-refractivity contribution in [1.82, 2.24) is 14.5 Å². The van der Waals surface area contributed by atoms with E-state index < -0.39 is 0 Å². The number of furan rings is 1. The molecule has 0 aliphatic carbocycles. The van der Waals surface area contributed by atoms with Crippen LogP contribution in [0.15, 0.2) is 47.5 Å². The molecule has 0 bridgehead atoms. The van der Waals surface area contributed by atoms with Gasteiger partial charge in [0.05, 0.1) is 31.5 Å². The molecule has 0 unspecified atom stereocenters. The first kappa shape index (κ1) is 15.4. The third-order valence-electron chi connectivity index (χ3n) is 4.77. The molecule has 0 radical (unpaired) electrons. The Morgan fingerprint density at radius 3 is 3.12 bits per heavy atom. The first-order chi connectivity index (χ1) is 11.8. The molecule has 1 aliphatic rings. The highest BCUT2D eigenvalue weighted by molar-refractivity contribution is 5.77. The monoisotopic (exact) mass is 325 g/mol. The van der Waals surface area contributed by atoms with Gasteiger partial charge < -0.3 is 13.7 Å². The molecule has 24 heavy (non-hydrogen) atoms. The Morgan fingerprint density at radius 2 is 2.25 bits per heavy atom. The summed E-state index contributed by atoms with van der Waals surface area (Å²) in [6.45, 7) is 4.55. The van der Waals surface area contributed by atoms with Gasteiger partial charge in [-0.2, -0.15) is 0 Å². The summed E-state index contributed by atoms with van der Waals surface area (Å²) in [5.41, 5.74) is 3.52. The number of aromatic nitrogens is 2. The van der Waals surface area contributed by atoms with Crippen molar-refractivity contribution >= 4 is 11.0 Å². The van der Waals surface area contributed by atoms with E-state index in [0.29, 0.717) is 5.92 Å². The van der Waals surface area contributed by atoms with Crippen molar-refractivity contribution in [3.8, 4) is 0 Å². The van der Waals surface area contributed by atoms with Crippen molar-refractivity contribution in [3.05, 3.63) is 54.3 Å². The standard InChI is InChI=1S/C19H23N3O2/c1-21-14-20-10-18(21)12-22-5-7-23-13-16(11-22)8-15-2-3-17-4-6-24-19(17)9-15/h2-4,6,9-10,14,16H,5,7-8,11-13H2,1H3/t16-/m0/s1. The number of hydrogen-bond acceptors (Lipinski definition) is 4. The Morgan fingerprint density at radius 1 is 1.29 bits per heavy atom. The van der Waals surface area contributed by atoms with Crippen LogP contribution in [-0.4, -0.2) is 40.8 Å². The van der Waals surface area contributed by atoms with Crippen LogP contribution in [0.2, 0.25) is 0 Å². The van der Waals surface area contributed by atoms with Crippen LogP contribution in [0.4, 0.5) is 0 Å². The average molecular weight is 325 g/mol. The molecule has 3 heterocycles. The highest BCUT2D eigenvalue weighted by Gasteiger charge is 2.20. The minimum atomic E-state index is 0.494. The minimum Gasteiger partial charge on any atom is -0.464 e. The third-order valence-corrected chi connectivity index (χ3v) is 4.77. The minimum absolute atomic E-state index is 0.494. The number of rotatable bonds is 4. The van der Waals surface area contributed by atoms with E-state index in [2.05, 4.69) is 32.7 Å². The van der Waals surface area contributed by atoms with Crippen LogP contribution in [0.5, 0.6) is 0 Å². The molecule has 0 saturated carbocycles. The second-order valence-electron chi connectivity index (χ2n) is 6.67. The molecule has 0 spiro atoms. The van der Waals surface area contributed by atoms with Crippen LogP contribution >= 0.6 is 0 Å². The molecule has 5 heteroatoms. The molecule has 1 aliphatic heterocycles. The van der Waals surface area contributed by atoms with Crippen molar-refractivity contribution in [2.24, 2.45) is 13.0 Å². The van der Waals surface area contributed by atoms with Gasteiger partial charge in [0.15, 0.2) is 0 Å². The lowest BCUT2D eigenvalue weighted by Crippen LogP contribution is -2.31. The van der Waals surface area contributed by atoms with Crippen LogP contribution in [0, 0.1) is 5.92 Å². The normalized spacial score (nSPS) is 19.6. The predicted molar refractivity (Wildman–Crippen MR) is 92.7 cm³/mol. The second kappa shape index (κ2) is 6.79.